The summed E-state index contributed by atoms with van der Waals surface area (Å²) in [4.78, 5) is 2.46. The second-order valence-corrected chi connectivity index (χ2v) is 7.21. The lowest BCUT2D eigenvalue weighted by Gasteiger charge is -2.24. The van der Waals surface area contributed by atoms with E-state index in [1.165, 1.54) is 24.0 Å². The Labute approximate surface area is 136 Å². The summed E-state index contributed by atoms with van der Waals surface area (Å²) in [5, 5.41) is 8.83. The van der Waals surface area contributed by atoms with Crippen LogP contribution in [0.3, 0.4) is 0 Å². The standard InChI is InChI=1S/C18H22N4O/c1-21-16(19-20-17(21)13-6-7-13)10-22-9-8-18(12-22)15-5-3-2-4-14(15)11-23-18/h2-5,13H,6-12H2,1H3. The highest BCUT2D eigenvalue weighted by molar-refractivity contribution is 5.36. The fourth-order valence-corrected chi connectivity index (χ4v) is 4.13. The van der Waals surface area contributed by atoms with Crippen molar-refractivity contribution in [3.8, 4) is 0 Å². The zero-order chi connectivity index (χ0) is 15.4. The maximum absolute atomic E-state index is 6.24. The van der Waals surface area contributed by atoms with Crippen LogP contribution in [0.25, 0.3) is 0 Å². The van der Waals surface area contributed by atoms with Crippen LogP contribution >= 0.6 is 0 Å². The van der Waals surface area contributed by atoms with E-state index in [1.807, 2.05) is 0 Å². The number of hydrogen-bond acceptors (Lipinski definition) is 4. The molecule has 3 heterocycles. The molecule has 0 radical (unpaired) electrons. The minimum absolute atomic E-state index is 0.103. The van der Waals surface area contributed by atoms with E-state index in [4.69, 9.17) is 4.74 Å². The van der Waals surface area contributed by atoms with Gasteiger partial charge in [-0.3, -0.25) is 4.90 Å². The molecule has 1 atom stereocenters. The summed E-state index contributed by atoms with van der Waals surface area (Å²) in [6.45, 7) is 3.62. The molecule has 23 heavy (non-hydrogen) atoms. The van der Waals surface area contributed by atoms with Gasteiger partial charge in [0.05, 0.1) is 13.2 Å². The molecule has 1 aliphatic carbocycles. The number of aromatic nitrogens is 3. The first-order valence-corrected chi connectivity index (χ1v) is 8.58. The molecule has 1 spiro atoms. The first kappa shape index (κ1) is 13.7. The second-order valence-electron chi connectivity index (χ2n) is 7.21. The van der Waals surface area contributed by atoms with Crippen molar-refractivity contribution in [1.29, 1.82) is 0 Å². The average Bonchev–Trinajstić information content (AvgIpc) is 3.10. The van der Waals surface area contributed by atoms with Crippen LogP contribution in [0.1, 0.15) is 48.0 Å². The quantitative estimate of drug-likeness (QED) is 0.873. The molecule has 5 rings (SSSR count). The van der Waals surface area contributed by atoms with E-state index in [0.29, 0.717) is 5.92 Å². The molecule has 1 aromatic carbocycles. The lowest BCUT2D eigenvalue weighted by molar-refractivity contribution is -0.0300. The largest absolute Gasteiger partial charge is 0.364 e. The van der Waals surface area contributed by atoms with Crippen molar-refractivity contribution in [2.75, 3.05) is 13.1 Å². The van der Waals surface area contributed by atoms with Gasteiger partial charge in [0.25, 0.3) is 0 Å². The molecule has 5 nitrogen and oxygen atoms in total. The third-order valence-electron chi connectivity index (χ3n) is 5.63. The summed E-state index contributed by atoms with van der Waals surface area (Å²) in [5.41, 5.74) is 2.64. The van der Waals surface area contributed by atoms with Gasteiger partial charge in [-0.1, -0.05) is 24.3 Å². The van der Waals surface area contributed by atoms with Crippen LogP contribution in [0.2, 0.25) is 0 Å². The van der Waals surface area contributed by atoms with E-state index >= 15 is 0 Å². The molecular formula is C18H22N4O. The molecule has 2 aromatic rings. The Hall–Kier alpha value is -1.72. The number of rotatable bonds is 3. The number of fused-ring (bicyclic) bond motifs is 2. The van der Waals surface area contributed by atoms with Crippen molar-refractivity contribution in [1.82, 2.24) is 19.7 Å². The average molecular weight is 310 g/mol. The van der Waals surface area contributed by atoms with Crippen LogP contribution in [0.15, 0.2) is 24.3 Å². The lowest BCUT2D eigenvalue weighted by atomic mass is 9.92. The first-order valence-electron chi connectivity index (χ1n) is 8.58. The molecule has 1 saturated carbocycles. The molecule has 120 valence electrons. The fraction of sp³-hybridized carbons (Fsp3) is 0.556. The van der Waals surface area contributed by atoms with Gasteiger partial charge < -0.3 is 9.30 Å². The minimum atomic E-state index is -0.103. The molecule has 1 aromatic heterocycles. The van der Waals surface area contributed by atoms with Gasteiger partial charge >= 0.3 is 0 Å². The van der Waals surface area contributed by atoms with Crippen LogP contribution in [0.5, 0.6) is 0 Å². The van der Waals surface area contributed by atoms with E-state index in [1.54, 1.807) is 0 Å². The molecule has 1 unspecified atom stereocenters. The Kier molecular flexibility index (Phi) is 2.91. The fourth-order valence-electron chi connectivity index (χ4n) is 4.13. The Morgan fingerprint density at radius 2 is 2.13 bits per heavy atom. The molecule has 1 saturated heterocycles. The third-order valence-corrected chi connectivity index (χ3v) is 5.63. The normalized spacial score (nSPS) is 27.0. The Bertz CT molecular complexity index is 751. The highest BCUT2D eigenvalue weighted by Crippen LogP contribution is 2.43. The molecular weight excluding hydrogens is 288 g/mol. The van der Waals surface area contributed by atoms with Gasteiger partial charge in [0.15, 0.2) is 0 Å². The number of likely N-dealkylation sites (tertiary alicyclic amines) is 1. The van der Waals surface area contributed by atoms with E-state index in [9.17, 15) is 0 Å². The van der Waals surface area contributed by atoms with Gasteiger partial charge in [0, 0.05) is 26.1 Å². The minimum Gasteiger partial charge on any atom is -0.364 e. The smallest absolute Gasteiger partial charge is 0.146 e. The van der Waals surface area contributed by atoms with Gasteiger partial charge in [-0.25, -0.2) is 0 Å². The molecule has 0 bridgehead atoms. The van der Waals surface area contributed by atoms with Crippen LogP contribution in [0, 0.1) is 0 Å². The SMILES string of the molecule is Cn1c(CN2CCC3(C2)OCc2ccccc23)nnc1C1CC1. The second kappa shape index (κ2) is 4.89. The van der Waals surface area contributed by atoms with Crippen molar-refractivity contribution in [3.63, 3.8) is 0 Å². The van der Waals surface area contributed by atoms with E-state index in [0.717, 1.165) is 44.3 Å². The van der Waals surface area contributed by atoms with E-state index in [2.05, 4.69) is 51.0 Å². The molecule has 3 aliphatic rings. The van der Waals surface area contributed by atoms with Crippen LogP contribution in [-0.2, 0) is 30.5 Å². The number of hydrogen-bond donors (Lipinski definition) is 0. The lowest BCUT2D eigenvalue weighted by Crippen LogP contribution is -2.30. The third kappa shape index (κ3) is 2.14. The van der Waals surface area contributed by atoms with Gasteiger partial charge in [0.1, 0.15) is 17.2 Å². The van der Waals surface area contributed by atoms with Gasteiger partial charge in [0.2, 0.25) is 0 Å². The summed E-state index contributed by atoms with van der Waals surface area (Å²) < 4.78 is 8.44. The zero-order valence-electron chi connectivity index (χ0n) is 13.5. The Morgan fingerprint density at radius 1 is 1.26 bits per heavy atom. The van der Waals surface area contributed by atoms with E-state index in [-0.39, 0.29) is 5.60 Å². The highest BCUT2D eigenvalue weighted by atomic mass is 16.5. The van der Waals surface area contributed by atoms with Crippen LogP contribution in [-0.4, -0.2) is 32.8 Å². The van der Waals surface area contributed by atoms with Crippen LogP contribution in [0.4, 0.5) is 0 Å². The van der Waals surface area contributed by atoms with Crippen molar-refractivity contribution < 1.29 is 4.74 Å². The zero-order valence-corrected chi connectivity index (χ0v) is 13.5. The molecule has 2 fully saturated rings. The summed E-state index contributed by atoms with van der Waals surface area (Å²) >= 11 is 0. The first-order chi connectivity index (χ1) is 11.3. The summed E-state index contributed by atoms with van der Waals surface area (Å²) in [7, 11) is 2.11. The Balaban J connectivity index is 1.35. The predicted octanol–water partition coefficient (Wildman–Crippen LogP) is 2.32. The number of nitrogens with zero attached hydrogens (tertiary/aromatic N) is 4. The maximum Gasteiger partial charge on any atom is 0.146 e. The number of ether oxygens (including phenoxy) is 1. The number of benzene rings is 1. The maximum atomic E-state index is 6.24. The van der Waals surface area contributed by atoms with Crippen LogP contribution < -0.4 is 0 Å². The predicted molar refractivity (Wildman–Crippen MR) is 85.8 cm³/mol. The molecule has 0 N–H and O–H groups in total. The molecule has 5 heteroatoms. The van der Waals surface area contributed by atoms with Gasteiger partial charge in [-0.15, -0.1) is 10.2 Å². The monoisotopic (exact) mass is 310 g/mol. The van der Waals surface area contributed by atoms with Gasteiger partial charge in [-0.2, -0.15) is 0 Å². The summed E-state index contributed by atoms with van der Waals surface area (Å²) in [6, 6.07) is 8.66. The Morgan fingerprint density at radius 3 is 3.00 bits per heavy atom. The van der Waals surface area contributed by atoms with Crippen molar-refractivity contribution in [2.45, 2.75) is 43.9 Å². The summed E-state index contributed by atoms with van der Waals surface area (Å²) in [5.74, 6) is 2.89. The summed E-state index contributed by atoms with van der Waals surface area (Å²) in [6.07, 6.45) is 3.60. The topological polar surface area (TPSA) is 43.2 Å². The van der Waals surface area contributed by atoms with Crippen molar-refractivity contribution in [3.05, 3.63) is 47.0 Å². The van der Waals surface area contributed by atoms with Crippen molar-refractivity contribution >= 4 is 0 Å². The van der Waals surface area contributed by atoms with Gasteiger partial charge in [-0.05, 0) is 30.4 Å². The highest BCUT2D eigenvalue weighted by Gasteiger charge is 2.45. The van der Waals surface area contributed by atoms with E-state index < -0.39 is 0 Å². The molecule has 2 aliphatic heterocycles. The molecule has 0 amide bonds. The van der Waals surface area contributed by atoms with Crippen molar-refractivity contribution in [2.24, 2.45) is 7.05 Å².